The van der Waals surface area contributed by atoms with Gasteiger partial charge in [-0.3, -0.25) is 4.84 Å². The van der Waals surface area contributed by atoms with E-state index in [1.807, 2.05) is 0 Å². The quantitative estimate of drug-likeness (QED) is 0.422. The van der Waals surface area contributed by atoms with Crippen LogP contribution in [0.1, 0.15) is 16.1 Å². The molecule has 6 heteroatoms. The second-order valence-electron chi connectivity index (χ2n) is 2.96. The minimum atomic E-state index is -0.421. The van der Waals surface area contributed by atoms with Crippen LogP contribution >= 0.6 is 0 Å². The minimum absolute atomic E-state index is 0.376. The lowest BCUT2D eigenvalue weighted by Gasteiger charge is -2.02. The lowest BCUT2D eigenvalue weighted by molar-refractivity contribution is 0.00104. The van der Waals surface area contributed by atoms with Gasteiger partial charge >= 0.3 is 5.97 Å². The van der Waals surface area contributed by atoms with Crippen molar-refractivity contribution < 1.29 is 23.5 Å². The van der Waals surface area contributed by atoms with Crippen molar-refractivity contribution in [3.8, 4) is 0 Å². The van der Waals surface area contributed by atoms with E-state index in [4.69, 9.17) is 14.0 Å². The van der Waals surface area contributed by atoms with Crippen LogP contribution in [-0.4, -0.2) is 33.4 Å². The van der Waals surface area contributed by atoms with Gasteiger partial charge in [0.15, 0.2) is 0 Å². The predicted octanol–water partition coefficient (Wildman–Crippen LogP) is 0.734. The van der Waals surface area contributed by atoms with Crippen LogP contribution in [0.5, 0.6) is 0 Å². The summed E-state index contributed by atoms with van der Waals surface area (Å²) in [7, 11) is 2.92. The van der Waals surface area contributed by atoms with Crippen LogP contribution in [0.2, 0.25) is 0 Å². The highest BCUT2D eigenvalue weighted by atomic mass is 16.7. The number of carbonyl (C=O) groups excluding carboxylic acids is 1. The number of methoxy groups -OCH3 is 2. The zero-order chi connectivity index (χ0) is 11.8. The summed E-state index contributed by atoms with van der Waals surface area (Å²) in [5, 5.41) is 0. The first kappa shape index (κ1) is 12.7. The Hall–Kier alpha value is -1.37. The maximum atomic E-state index is 11.1. The zero-order valence-electron chi connectivity index (χ0n) is 9.32. The number of hydrogen-bond acceptors (Lipinski definition) is 6. The van der Waals surface area contributed by atoms with Gasteiger partial charge in [-0.05, 0) is 6.07 Å². The van der Waals surface area contributed by atoms with E-state index in [9.17, 15) is 4.79 Å². The molecule has 1 N–H and O–H groups in total. The van der Waals surface area contributed by atoms with Crippen LogP contribution < -0.4 is 5.48 Å². The van der Waals surface area contributed by atoms with Crippen LogP contribution in [0.3, 0.4) is 0 Å². The minimum Gasteiger partial charge on any atom is -0.467 e. The Balaban J connectivity index is 2.27. The Kier molecular flexibility index (Phi) is 5.55. The molecule has 0 aliphatic heterocycles. The fourth-order valence-electron chi connectivity index (χ4n) is 1.02. The summed E-state index contributed by atoms with van der Waals surface area (Å²) >= 11 is 0. The van der Waals surface area contributed by atoms with Crippen molar-refractivity contribution in [1.29, 1.82) is 0 Å². The SMILES string of the molecule is COCCONCc1cc(C(=O)OC)co1. The van der Waals surface area contributed by atoms with E-state index in [2.05, 4.69) is 10.2 Å². The molecule has 0 saturated heterocycles. The van der Waals surface area contributed by atoms with Gasteiger partial charge in [0.05, 0.1) is 32.4 Å². The first-order chi connectivity index (χ1) is 7.77. The van der Waals surface area contributed by atoms with Gasteiger partial charge < -0.3 is 13.9 Å². The van der Waals surface area contributed by atoms with E-state index < -0.39 is 5.97 Å². The number of nitrogens with one attached hydrogen (secondary N) is 1. The number of hydroxylamine groups is 1. The van der Waals surface area contributed by atoms with Gasteiger partial charge in [0.1, 0.15) is 12.0 Å². The van der Waals surface area contributed by atoms with E-state index in [0.29, 0.717) is 31.1 Å². The van der Waals surface area contributed by atoms with E-state index in [-0.39, 0.29) is 0 Å². The molecule has 0 bridgehead atoms. The first-order valence-corrected chi connectivity index (χ1v) is 4.77. The third kappa shape index (κ3) is 4.01. The number of rotatable bonds is 7. The molecule has 6 nitrogen and oxygen atoms in total. The van der Waals surface area contributed by atoms with Crippen LogP contribution in [0.25, 0.3) is 0 Å². The second-order valence-corrected chi connectivity index (χ2v) is 2.96. The molecular formula is C10H15NO5. The number of ether oxygens (including phenoxy) is 2. The van der Waals surface area contributed by atoms with Crippen LogP contribution in [-0.2, 0) is 20.9 Å². The number of esters is 1. The highest BCUT2D eigenvalue weighted by molar-refractivity contribution is 5.88. The summed E-state index contributed by atoms with van der Waals surface area (Å²) in [5.41, 5.74) is 3.07. The monoisotopic (exact) mass is 229 g/mol. The Morgan fingerprint density at radius 1 is 1.44 bits per heavy atom. The number of hydrogen-bond donors (Lipinski definition) is 1. The molecule has 1 rings (SSSR count). The van der Waals surface area contributed by atoms with Gasteiger partial charge in [0, 0.05) is 7.11 Å². The topological polar surface area (TPSA) is 69.9 Å². The first-order valence-electron chi connectivity index (χ1n) is 4.77. The smallest absolute Gasteiger partial charge is 0.341 e. The van der Waals surface area contributed by atoms with Crippen molar-refractivity contribution in [3.63, 3.8) is 0 Å². The van der Waals surface area contributed by atoms with Crippen molar-refractivity contribution in [2.24, 2.45) is 0 Å². The molecule has 0 fully saturated rings. The van der Waals surface area contributed by atoms with Gasteiger partial charge in [-0.2, -0.15) is 5.48 Å². The summed E-state index contributed by atoms with van der Waals surface area (Å²) in [6, 6.07) is 1.60. The predicted molar refractivity (Wildman–Crippen MR) is 54.7 cm³/mol. The summed E-state index contributed by atoms with van der Waals surface area (Å²) < 4.78 is 14.5. The van der Waals surface area contributed by atoms with E-state index in [1.54, 1.807) is 13.2 Å². The van der Waals surface area contributed by atoms with Crippen molar-refractivity contribution in [1.82, 2.24) is 5.48 Å². The molecule has 0 atom stereocenters. The molecule has 90 valence electrons. The summed E-state index contributed by atoms with van der Waals surface area (Å²) in [6.45, 7) is 1.33. The second kappa shape index (κ2) is 7.00. The fraction of sp³-hybridized carbons (Fsp3) is 0.500. The summed E-state index contributed by atoms with van der Waals surface area (Å²) in [6.07, 6.45) is 1.35. The maximum absolute atomic E-state index is 11.1. The highest BCUT2D eigenvalue weighted by Crippen LogP contribution is 2.08. The molecule has 0 aliphatic rings. The molecule has 0 aliphatic carbocycles. The molecule has 0 aromatic carbocycles. The van der Waals surface area contributed by atoms with Crippen molar-refractivity contribution in [3.05, 3.63) is 23.7 Å². The van der Waals surface area contributed by atoms with Gasteiger partial charge in [0.2, 0.25) is 0 Å². The Morgan fingerprint density at radius 2 is 2.25 bits per heavy atom. The molecule has 1 heterocycles. The third-order valence-corrected chi connectivity index (χ3v) is 1.81. The average Bonchev–Trinajstić information content (AvgIpc) is 2.76. The summed E-state index contributed by atoms with van der Waals surface area (Å²) in [4.78, 5) is 16.1. The number of furan rings is 1. The lowest BCUT2D eigenvalue weighted by atomic mass is 10.3. The van der Waals surface area contributed by atoms with Crippen LogP contribution in [0, 0.1) is 0 Å². The molecule has 0 amide bonds. The van der Waals surface area contributed by atoms with Crippen molar-refractivity contribution in [2.75, 3.05) is 27.4 Å². The fourth-order valence-corrected chi connectivity index (χ4v) is 1.02. The van der Waals surface area contributed by atoms with Gasteiger partial charge in [-0.25, -0.2) is 4.79 Å². The third-order valence-electron chi connectivity index (χ3n) is 1.81. The summed E-state index contributed by atoms with van der Waals surface area (Å²) in [5.74, 6) is 0.174. The Labute approximate surface area is 93.4 Å². The standard InChI is InChI=1S/C10H15NO5/c1-13-3-4-16-11-6-9-5-8(7-15-9)10(12)14-2/h5,7,11H,3-4,6H2,1-2H3. The van der Waals surface area contributed by atoms with Crippen molar-refractivity contribution in [2.45, 2.75) is 6.54 Å². The lowest BCUT2D eigenvalue weighted by Crippen LogP contribution is -2.16. The molecule has 1 aromatic heterocycles. The van der Waals surface area contributed by atoms with Crippen molar-refractivity contribution >= 4 is 5.97 Å². The van der Waals surface area contributed by atoms with E-state index >= 15 is 0 Å². The molecule has 16 heavy (non-hydrogen) atoms. The molecule has 1 aromatic rings. The molecular weight excluding hydrogens is 214 g/mol. The largest absolute Gasteiger partial charge is 0.467 e. The maximum Gasteiger partial charge on any atom is 0.341 e. The average molecular weight is 229 g/mol. The highest BCUT2D eigenvalue weighted by Gasteiger charge is 2.09. The number of carbonyl (C=O) groups is 1. The van der Waals surface area contributed by atoms with E-state index in [0.717, 1.165) is 0 Å². The normalized spacial score (nSPS) is 10.4. The van der Waals surface area contributed by atoms with E-state index in [1.165, 1.54) is 13.4 Å². The Morgan fingerprint density at radius 3 is 2.94 bits per heavy atom. The van der Waals surface area contributed by atoms with Gasteiger partial charge in [-0.1, -0.05) is 0 Å². The van der Waals surface area contributed by atoms with Crippen LogP contribution in [0.4, 0.5) is 0 Å². The molecule has 0 unspecified atom stereocenters. The van der Waals surface area contributed by atoms with Crippen LogP contribution in [0.15, 0.2) is 16.7 Å². The van der Waals surface area contributed by atoms with Gasteiger partial charge in [0.25, 0.3) is 0 Å². The van der Waals surface area contributed by atoms with Gasteiger partial charge in [-0.15, -0.1) is 0 Å². The Bertz CT molecular complexity index is 323. The zero-order valence-corrected chi connectivity index (χ0v) is 9.32. The molecule has 0 saturated carbocycles. The molecule has 0 spiro atoms. The molecule has 0 radical (unpaired) electrons.